The van der Waals surface area contributed by atoms with Crippen molar-refractivity contribution in [1.29, 1.82) is 0 Å². The van der Waals surface area contributed by atoms with Gasteiger partial charge in [-0.05, 0) is 65.7 Å². The second kappa shape index (κ2) is 6.39. The first-order valence-corrected chi connectivity index (χ1v) is 7.49. The Morgan fingerprint density at radius 1 is 1.30 bits per heavy atom. The summed E-state index contributed by atoms with van der Waals surface area (Å²) in [6, 6.07) is 1.78. The molecule has 5 heteroatoms. The van der Waals surface area contributed by atoms with Crippen LogP contribution >= 0.6 is 15.9 Å². The van der Waals surface area contributed by atoms with Crippen LogP contribution in [0.2, 0.25) is 0 Å². The number of methoxy groups -OCH3 is 1. The molecule has 0 aliphatic heterocycles. The van der Waals surface area contributed by atoms with Crippen molar-refractivity contribution in [3.63, 3.8) is 0 Å². The minimum absolute atomic E-state index is 0.180. The lowest BCUT2D eigenvalue weighted by molar-refractivity contribution is -0.137. The number of carbonyl (C=O) groups is 2. The van der Waals surface area contributed by atoms with Gasteiger partial charge in [-0.3, -0.25) is 4.79 Å². The van der Waals surface area contributed by atoms with E-state index in [-0.39, 0.29) is 12.2 Å². The molecule has 20 heavy (non-hydrogen) atoms. The third kappa shape index (κ3) is 2.73. The highest BCUT2D eigenvalue weighted by Gasteiger charge is 2.27. The highest BCUT2D eigenvalue weighted by atomic mass is 79.9. The van der Waals surface area contributed by atoms with Crippen LogP contribution in [0.1, 0.15) is 41.3 Å². The number of benzene rings is 1. The first-order chi connectivity index (χ1) is 9.60. The van der Waals surface area contributed by atoms with Crippen molar-refractivity contribution in [2.75, 3.05) is 13.7 Å². The lowest BCUT2D eigenvalue weighted by Crippen LogP contribution is -2.19. The van der Waals surface area contributed by atoms with Crippen LogP contribution in [0.25, 0.3) is 0 Å². The fourth-order valence-electron chi connectivity index (χ4n) is 2.51. The van der Waals surface area contributed by atoms with Crippen molar-refractivity contribution in [2.24, 2.45) is 0 Å². The molecule has 0 bridgehead atoms. The fraction of sp³-hybridized carbons (Fsp3) is 0.467. The lowest BCUT2D eigenvalue weighted by atomic mass is 9.89. The van der Waals surface area contributed by atoms with Crippen molar-refractivity contribution in [3.8, 4) is 5.75 Å². The van der Waals surface area contributed by atoms with Gasteiger partial charge in [-0.2, -0.15) is 0 Å². The van der Waals surface area contributed by atoms with Gasteiger partial charge in [0.05, 0.1) is 23.8 Å². The molecule has 1 aromatic rings. The summed E-state index contributed by atoms with van der Waals surface area (Å²) in [5.74, 6) is -1.07. The van der Waals surface area contributed by atoms with E-state index in [0.717, 1.165) is 35.7 Å². The van der Waals surface area contributed by atoms with Gasteiger partial charge in [-0.1, -0.05) is 0 Å². The van der Waals surface area contributed by atoms with Crippen LogP contribution in [0.4, 0.5) is 0 Å². The summed E-state index contributed by atoms with van der Waals surface area (Å²) < 4.78 is 10.9. The van der Waals surface area contributed by atoms with E-state index in [1.807, 2.05) is 0 Å². The molecule has 1 aliphatic rings. The lowest BCUT2D eigenvalue weighted by Gasteiger charge is -2.21. The SMILES string of the molecule is CCOC(=O)C(=O)c1cc2c(c(Br)c1OC)CCCC2. The summed E-state index contributed by atoms with van der Waals surface area (Å²) in [4.78, 5) is 23.8. The van der Waals surface area contributed by atoms with Crippen LogP contribution in [0, 0.1) is 0 Å². The van der Waals surface area contributed by atoms with Gasteiger partial charge in [0.15, 0.2) is 0 Å². The van der Waals surface area contributed by atoms with Gasteiger partial charge in [0.1, 0.15) is 5.75 Å². The number of Topliss-reactive ketones (excluding diaryl/α,β-unsaturated/α-hetero) is 1. The molecule has 1 aromatic carbocycles. The molecule has 0 saturated heterocycles. The molecule has 4 nitrogen and oxygen atoms in total. The number of rotatable bonds is 4. The Balaban J connectivity index is 2.49. The van der Waals surface area contributed by atoms with Gasteiger partial charge in [0.2, 0.25) is 0 Å². The predicted molar refractivity (Wildman–Crippen MR) is 78.3 cm³/mol. The van der Waals surface area contributed by atoms with Gasteiger partial charge < -0.3 is 9.47 Å². The summed E-state index contributed by atoms with van der Waals surface area (Å²) in [6.45, 7) is 1.85. The van der Waals surface area contributed by atoms with Crippen molar-refractivity contribution < 1.29 is 19.1 Å². The van der Waals surface area contributed by atoms with Gasteiger partial charge in [0.25, 0.3) is 5.78 Å². The minimum atomic E-state index is -0.839. The first-order valence-electron chi connectivity index (χ1n) is 6.69. The highest BCUT2D eigenvalue weighted by Crippen LogP contribution is 2.38. The largest absolute Gasteiger partial charge is 0.495 e. The van der Waals surface area contributed by atoms with Crippen molar-refractivity contribution in [2.45, 2.75) is 32.6 Å². The number of esters is 1. The molecule has 0 amide bonds. The summed E-state index contributed by atoms with van der Waals surface area (Å²) in [5, 5.41) is 0. The zero-order valence-electron chi connectivity index (χ0n) is 11.6. The summed E-state index contributed by atoms with van der Waals surface area (Å²) >= 11 is 3.51. The standard InChI is InChI=1S/C15H17BrO4/c1-3-20-15(18)13(17)11-8-9-6-4-5-7-10(9)12(16)14(11)19-2/h8H,3-7H2,1-2H3. The molecule has 0 saturated carbocycles. The number of aryl methyl sites for hydroxylation is 1. The average molecular weight is 341 g/mol. The third-order valence-corrected chi connectivity index (χ3v) is 4.29. The Morgan fingerprint density at radius 2 is 2.00 bits per heavy atom. The molecule has 0 atom stereocenters. The van der Waals surface area contributed by atoms with E-state index in [2.05, 4.69) is 15.9 Å². The topological polar surface area (TPSA) is 52.6 Å². The normalized spacial score (nSPS) is 13.6. The fourth-order valence-corrected chi connectivity index (χ4v) is 3.34. The first kappa shape index (κ1) is 15.0. The van der Waals surface area contributed by atoms with Crippen LogP contribution in [0.15, 0.2) is 10.5 Å². The molecule has 1 aliphatic carbocycles. The van der Waals surface area contributed by atoms with Crippen LogP contribution in [0.3, 0.4) is 0 Å². The zero-order valence-corrected chi connectivity index (χ0v) is 13.2. The average Bonchev–Trinajstić information content (AvgIpc) is 2.46. The summed E-state index contributed by atoms with van der Waals surface area (Å²) in [6.07, 6.45) is 4.10. The Labute approximate surface area is 126 Å². The Kier molecular flexibility index (Phi) is 4.81. The molecular weight excluding hydrogens is 324 g/mol. The van der Waals surface area contributed by atoms with Crippen molar-refractivity contribution in [1.82, 2.24) is 0 Å². The van der Waals surface area contributed by atoms with E-state index in [9.17, 15) is 9.59 Å². The van der Waals surface area contributed by atoms with E-state index in [1.54, 1.807) is 13.0 Å². The van der Waals surface area contributed by atoms with Gasteiger partial charge in [0, 0.05) is 0 Å². The van der Waals surface area contributed by atoms with E-state index in [0.29, 0.717) is 5.75 Å². The molecule has 0 spiro atoms. The van der Waals surface area contributed by atoms with Gasteiger partial charge in [-0.15, -0.1) is 0 Å². The van der Waals surface area contributed by atoms with Crippen molar-refractivity contribution in [3.05, 3.63) is 27.2 Å². The minimum Gasteiger partial charge on any atom is -0.495 e. The van der Waals surface area contributed by atoms with Crippen LogP contribution in [-0.2, 0) is 22.4 Å². The van der Waals surface area contributed by atoms with E-state index >= 15 is 0 Å². The zero-order chi connectivity index (χ0) is 14.7. The molecule has 2 rings (SSSR count). The second-order valence-corrected chi connectivity index (χ2v) is 5.46. The molecule has 108 valence electrons. The molecular formula is C15H17BrO4. The number of hydrogen-bond donors (Lipinski definition) is 0. The number of hydrogen-bond acceptors (Lipinski definition) is 4. The Bertz CT molecular complexity index is 551. The molecule has 0 aromatic heterocycles. The highest BCUT2D eigenvalue weighted by molar-refractivity contribution is 9.10. The smallest absolute Gasteiger partial charge is 0.379 e. The van der Waals surface area contributed by atoms with Crippen LogP contribution < -0.4 is 4.74 Å². The number of carbonyl (C=O) groups excluding carboxylic acids is 2. The number of halogens is 1. The van der Waals surface area contributed by atoms with E-state index < -0.39 is 11.8 Å². The molecule has 0 unspecified atom stereocenters. The monoisotopic (exact) mass is 340 g/mol. The maximum atomic E-state index is 12.2. The van der Waals surface area contributed by atoms with E-state index in [4.69, 9.17) is 9.47 Å². The molecule has 0 N–H and O–H groups in total. The maximum Gasteiger partial charge on any atom is 0.379 e. The number of fused-ring (bicyclic) bond motifs is 1. The van der Waals surface area contributed by atoms with Gasteiger partial charge in [-0.25, -0.2) is 4.79 Å². The molecule has 0 radical (unpaired) electrons. The van der Waals surface area contributed by atoms with Gasteiger partial charge >= 0.3 is 5.97 Å². The summed E-state index contributed by atoms with van der Waals surface area (Å²) in [7, 11) is 1.50. The Morgan fingerprint density at radius 3 is 2.65 bits per heavy atom. The quantitative estimate of drug-likeness (QED) is 0.480. The third-order valence-electron chi connectivity index (χ3n) is 3.45. The van der Waals surface area contributed by atoms with E-state index in [1.165, 1.54) is 12.7 Å². The van der Waals surface area contributed by atoms with Crippen molar-refractivity contribution >= 4 is 27.7 Å². The van der Waals surface area contributed by atoms with Crippen LogP contribution in [0.5, 0.6) is 5.75 Å². The van der Waals surface area contributed by atoms with Crippen LogP contribution in [-0.4, -0.2) is 25.5 Å². The second-order valence-electron chi connectivity index (χ2n) is 4.67. The molecule has 0 heterocycles. The number of ketones is 1. The number of ether oxygens (including phenoxy) is 2. The predicted octanol–water partition coefficient (Wildman–Crippen LogP) is 3.08. The summed E-state index contributed by atoms with van der Waals surface area (Å²) in [5.41, 5.74) is 2.56. The molecule has 0 fully saturated rings. The Hall–Kier alpha value is -1.36. The maximum absolute atomic E-state index is 12.2.